The van der Waals surface area contributed by atoms with Crippen molar-refractivity contribution in [3.63, 3.8) is 0 Å². The highest BCUT2D eigenvalue weighted by molar-refractivity contribution is 7.21. The lowest BCUT2D eigenvalue weighted by Gasteiger charge is -2.30. The molecule has 8 aliphatic rings. The molecule has 2 unspecified atom stereocenters. The third-order valence-electron chi connectivity index (χ3n) is 35.4. The number of hydrogen-bond acceptors (Lipinski definition) is 3. The number of fused-ring (bicyclic) bond motifs is 53. The summed E-state index contributed by atoms with van der Waals surface area (Å²) in [4.78, 5) is 15.5. The minimum atomic E-state index is -0.675. The molecule has 23 aromatic carbocycles. The number of hydrogen-bond donors (Lipinski definition) is 0. The second kappa shape index (κ2) is 28.3. The van der Waals surface area contributed by atoms with Crippen LogP contribution in [0, 0.1) is 0 Å². The number of nitrogens with zero attached hydrogens (tertiary/aromatic N) is 4. The van der Waals surface area contributed by atoms with Gasteiger partial charge in [0.15, 0.2) is 0 Å². The molecule has 5 heteroatoms. The molecule has 147 heavy (non-hydrogen) atoms. The van der Waals surface area contributed by atoms with E-state index in [1.54, 1.807) is 0 Å². The zero-order valence-corrected chi connectivity index (χ0v) is 80.2. The number of para-hydroxylation sites is 4. The predicted molar refractivity (Wildman–Crippen MR) is 606 cm³/mol. The fourth-order valence-corrected chi connectivity index (χ4v) is 31.5. The average molecular weight is 1870 g/mol. The Labute approximate surface area is 850 Å². The lowest BCUT2D eigenvalue weighted by Crippen LogP contribution is -2.25. The van der Waals surface area contributed by atoms with Gasteiger partial charge in [0, 0.05) is 54.6 Å². The van der Waals surface area contributed by atoms with Crippen LogP contribution in [0.3, 0.4) is 0 Å². The van der Waals surface area contributed by atoms with Crippen LogP contribution in [0.25, 0.3) is 231 Å². The van der Waals surface area contributed by atoms with Crippen molar-refractivity contribution >= 4 is 98.6 Å². The Bertz CT molecular complexity index is 9980. The Balaban J connectivity index is 0.644. The number of aromatic nitrogens is 4. The first kappa shape index (κ1) is 79.1. The highest BCUT2D eigenvalue weighted by atomic mass is 32.1. The third kappa shape index (κ3) is 9.43. The Hall–Kier alpha value is -18.5. The van der Waals surface area contributed by atoms with Gasteiger partial charge in [-0.3, -0.25) is 0 Å². The molecule has 4 heterocycles. The first-order valence-corrected chi connectivity index (χ1v) is 52.2. The SMILES string of the molecule is c1ccc2c(c1)-c1ccccc1C21c2ccccc2-c2c(-c3sc(-c4cccc5c4-c4ccccc4C54c5ccccc5-c5ccccc54)c4nc5c6cc(-c7cccc8c7-c7ccccc7C87c8ccccc8-c8c(-n9c%10ccccc%10c%10ccccc%109)cccc87)ccc6c6ccc(-c7cccc8c7-c7ccccc7C87c8ccccc8-c8c(-n9c%10ccccc%10c%10ccccc%109)cccc87)cc6c5nc34)cccc21. The van der Waals surface area contributed by atoms with Gasteiger partial charge in [-0.15, -0.1) is 11.3 Å². The Kier molecular flexibility index (Phi) is 15.2. The molecule has 8 aliphatic carbocycles. The summed E-state index contributed by atoms with van der Waals surface area (Å²) >= 11 is 1.87. The van der Waals surface area contributed by atoms with Crippen molar-refractivity contribution < 1.29 is 0 Å². The fourth-order valence-electron chi connectivity index (χ4n) is 30.3. The largest absolute Gasteiger partial charge is 0.309 e. The van der Waals surface area contributed by atoms with E-state index < -0.39 is 21.7 Å². The predicted octanol–water partition coefficient (Wildman–Crippen LogP) is 35.4. The maximum Gasteiger partial charge on any atom is 0.109 e. The molecular weight excluding hydrogens is 1790 g/mol. The van der Waals surface area contributed by atoms with Crippen LogP contribution in [-0.4, -0.2) is 19.1 Å². The van der Waals surface area contributed by atoms with Gasteiger partial charge in [-0.1, -0.05) is 437 Å². The maximum atomic E-state index is 6.69. The van der Waals surface area contributed by atoms with E-state index in [-0.39, 0.29) is 0 Å². The molecular formula is C142H80N4S. The molecule has 4 spiro atoms. The lowest BCUT2D eigenvalue weighted by atomic mass is 9.70. The normalized spacial score (nSPS) is 15.8. The molecule has 0 saturated heterocycles. The van der Waals surface area contributed by atoms with E-state index >= 15 is 0 Å². The molecule has 0 N–H and O–H groups in total. The van der Waals surface area contributed by atoms with E-state index in [0.29, 0.717) is 0 Å². The van der Waals surface area contributed by atoms with Gasteiger partial charge in [0.2, 0.25) is 0 Å². The van der Waals surface area contributed by atoms with E-state index in [1.165, 1.54) is 233 Å². The Morgan fingerprint density at radius 3 is 0.660 bits per heavy atom. The first-order valence-electron chi connectivity index (χ1n) is 51.4. The van der Waals surface area contributed by atoms with E-state index in [1.807, 2.05) is 11.3 Å². The van der Waals surface area contributed by atoms with Crippen LogP contribution in [0.4, 0.5) is 0 Å². The van der Waals surface area contributed by atoms with Crippen molar-refractivity contribution in [2.45, 2.75) is 21.7 Å². The molecule has 35 rings (SSSR count). The highest BCUT2D eigenvalue weighted by Gasteiger charge is 2.58. The van der Waals surface area contributed by atoms with Crippen LogP contribution >= 0.6 is 11.3 Å². The number of rotatable bonds is 6. The van der Waals surface area contributed by atoms with Crippen molar-refractivity contribution in [3.8, 4) is 144 Å². The molecule has 0 radical (unpaired) electrons. The van der Waals surface area contributed by atoms with Crippen molar-refractivity contribution in [1.82, 2.24) is 19.1 Å². The van der Waals surface area contributed by atoms with Crippen LogP contribution in [0.15, 0.2) is 485 Å². The van der Waals surface area contributed by atoms with Gasteiger partial charge in [-0.25, -0.2) is 9.97 Å². The monoisotopic (exact) mass is 1870 g/mol. The summed E-state index contributed by atoms with van der Waals surface area (Å²) in [6, 6.07) is 186. The van der Waals surface area contributed by atoms with Crippen LogP contribution in [0.5, 0.6) is 0 Å². The molecule has 0 saturated carbocycles. The summed E-state index contributed by atoms with van der Waals surface area (Å²) in [5, 5.41) is 9.26. The van der Waals surface area contributed by atoms with E-state index in [2.05, 4.69) is 494 Å². The summed E-state index contributed by atoms with van der Waals surface area (Å²) in [7, 11) is 0. The number of thiophene rings is 1. The summed E-state index contributed by atoms with van der Waals surface area (Å²) < 4.78 is 5.06. The quantitative estimate of drug-likeness (QED) is 0.156. The summed E-state index contributed by atoms with van der Waals surface area (Å²) in [6.07, 6.45) is 0. The first-order chi connectivity index (χ1) is 73.0. The van der Waals surface area contributed by atoms with Crippen molar-refractivity contribution in [3.05, 3.63) is 574 Å². The van der Waals surface area contributed by atoms with E-state index in [9.17, 15) is 0 Å². The van der Waals surface area contributed by atoms with Crippen LogP contribution in [-0.2, 0) is 21.7 Å². The Morgan fingerprint density at radius 1 is 0.150 bits per heavy atom. The molecule has 4 nitrogen and oxygen atoms in total. The highest BCUT2D eigenvalue weighted by Crippen LogP contribution is 2.72. The Morgan fingerprint density at radius 2 is 0.361 bits per heavy atom. The molecule has 27 aromatic rings. The van der Waals surface area contributed by atoms with Gasteiger partial charge in [-0.05, 0) is 248 Å². The van der Waals surface area contributed by atoms with Gasteiger partial charge in [-0.2, -0.15) is 0 Å². The standard InChI is InChI=1S/C142H80N4S/c1-15-53-105-87(35-1)88-36-2-16-54-106(88)139(105)109-57-19-7-45-97(109)129-101(51-31-65-117(129)139)137-135-136(138(147-137)102-52-32-66-118-130(102)98-46-8-20-58-110(98)140(118)107-55-17-3-37-89(107)90-38-4-18-56-108(90)140)144-134-104-80-82(84-50-30-64-116-128(84)96-44-6-22-60-112(96)142(116)114-62-24-10-48-100(114)132-120(142)68-34-74-126(132)146-123-71-27-13-41-93(123)94-42-14-28-72-124(94)146)76-78-86(104)85-77-75-81(79-103(85)133(134)143-135)83-49-29-63-115-127(83)95-43-5-21-59-111(95)141(115)113-61-23-9-47-99(113)131-119(141)67-33-73-125(131)145-121-69-25-11-39-91(121)92-40-12-26-70-122(92)145/h1-80H. The van der Waals surface area contributed by atoms with Gasteiger partial charge >= 0.3 is 0 Å². The molecule has 0 bridgehead atoms. The zero-order valence-electron chi connectivity index (χ0n) is 79.4. The van der Waals surface area contributed by atoms with E-state index in [0.717, 1.165) is 86.7 Å². The topological polar surface area (TPSA) is 35.6 Å². The minimum Gasteiger partial charge on any atom is -0.309 e. The van der Waals surface area contributed by atoms with Crippen LogP contribution < -0.4 is 0 Å². The fraction of sp³-hybridized carbons (Fsp3) is 0.0282. The van der Waals surface area contributed by atoms with Gasteiger partial charge < -0.3 is 9.13 Å². The van der Waals surface area contributed by atoms with Gasteiger partial charge in [0.25, 0.3) is 0 Å². The second-order valence-electron chi connectivity index (χ2n) is 41.4. The van der Waals surface area contributed by atoms with Gasteiger partial charge in [0.05, 0.1) is 75.9 Å². The molecule has 0 amide bonds. The third-order valence-corrected chi connectivity index (χ3v) is 36.6. The average Bonchev–Trinajstić information content (AvgIpc) is 1.50. The summed E-state index contributed by atoms with van der Waals surface area (Å²) in [5.74, 6) is 0. The zero-order chi connectivity index (χ0) is 95.3. The van der Waals surface area contributed by atoms with Crippen molar-refractivity contribution in [1.29, 1.82) is 0 Å². The second-order valence-corrected chi connectivity index (χ2v) is 42.4. The van der Waals surface area contributed by atoms with Crippen LogP contribution in [0.1, 0.15) is 89.0 Å². The van der Waals surface area contributed by atoms with Crippen LogP contribution in [0.2, 0.25) is 0 Å². The summed E-state index contributed by atoms with van der Waals surface area (Å²) in [5.41, 5.74) is 55.4. The smallest absolute Gasteiger partial charge is 0.109 e. The lowest BCUT2D eigenvalue weighted by molar-refractivity contribution is 0.793. The minimum absolute atomic E-state index is 0.608. The molecule has 2 atom stereocenters. The molecule has 0 aliphatic heterocycles. The van der Waals surface area contributed by atoms with E-state index in [4.69, 9.17) is 9.97 Å². The molecule has 674 valence electrons. The maximum absolute atomic E-state index is 6.69. The van der Waals surface area contributed by atoms with Crippen molar-refractivity contribution in [2.24, 2.45) is 0 Å². The van der Waals surface area contributed by atoms with Crippen molar-refractivity contribution in [2.75, 3.05) is 0 Å². The van der Waals surface area contributed by atoms with Gasteiger partial charge in [0.1, 0.15) is 11.0 Å². The molecule has 4 aromatic heterocycles. The molecule has 0 fully saturated rings. The number of benzene rings is 23. The summed E-state index contributed by atoms with van der Waals surface area (Å²) in [6.45, 7) is 0.